The summed E-state index contributed by atoms with van der Waals surface area (Å²) in [5, 5.41) is 5.64. The van der Waals surface area contributed by atoms with E-state index in [2.05, 4.69) is 20.6 Å². The van der Waals surface area contributed by atoms with Gasteiger partial charge in [-0.05, 0) is 54.3 Å². The van der Waals surface area contributed by atoms with Gasteiger partial charge < -0.3 is 10.6 Å². The summed E-state index contributed by atoms with van der Waals surface area (Å²) in [6.45, 7) is 4.11. The van der Waals surface area contributed by atoms with Crippen molar-refractivity contribution in [2.45, 2.75) is 33.2 Å². The lowest BCUT2D eigenvalue weighted by atomic mass is 10.0. The molecule has 0 bridgehead atoms. The zero-order chi connectivity index (χ0) is 20.6. The number of benzene rings is 1. The molecule has 0 aliphatic heterocycles. The van der Waals surface area contributed by atoms with Crippen molar-refractivity contribution in [3.8, 4) is 0 Å². The Morgan fingerprint density at radius 2 is 1.69 bits per heavy atom. The number of urea groups is 1. The topological polar surface area (TPSA) is 84.0 Å². The summed E-state index contributed by atoms with van der Waals surface area (Å²) in [4.78, 5) is 32.2. The molecular weight excluding hydrogens is 364 g/mol. The number of ketones is 1. The molecule has 0 spiro atoms. The number of Topliss-reactive ketones (excluding diaryl/α,β-unsaturated/α-hetero) is 1. The third-order valence-corrected chi connectivity index (χ3v) is 4.57. The van der Waals surface area contributed by atoms with Gasteiger partial charge in [0.25, 0.3) is 0 Å². The van der Waals surface area contributed by atoms with Gasteiger partial charge in [-0.1, -0.05) is 31.2 Å². The second-order valence-corrected chi connectivity index (χ2v) is 6.76. The Morgan fingerprint density at radius 3 is 2.41 bits per heavy atom. The molecule has 2 N–H and O–H groups in total. The van der Waals surface area contributed by atoms with Crippen molar-refractivity contribution in [1.29, 1.82) is 0 Å². The predicted octanol–water partition coefficient (Wildman–Crippen LogP) is 4.29. The minimum absolute atomic E-state index is 0.0491. The molecule has 3 rings (SSSR count). The van der Waals surface area contributed by atoms with Crippen LogP contribution in [-0.2, 0) is 13.0 Å². The van der Waals surface area contributed by atoms with E-state index in [0.717, 1.165) is 28.8 Å². The quantitative estimate of drug-likeness (QED) is 0.592. The maximum atomic E-state index is 12.1. The Hall–Kier alpha value is -3.54. The van der Waals surface area contributed by atoms with Gasteiger partial charge in [0.05, 0.1) is 11.4 Å². The van der Waals surface area contributed by atoms with Gasteiger partial charge in [0, 0.05) is 25.4 Å². The first kappa shape index (κ1) is 20.2. The van der Waals surface area contributed by atoms with Crippen LogP contribution < -0.4 is 10.6 Å². The van der Waals surface area contributed by atoms with Gasteiger partial charge in [0.15, 0.2) is 5.78 Å². The summed E-state index contributed by atoms with van der Waals surface area (Å²) >= 11 is 0. The number of aromatic nitrogens is 2. The fourth-order valence-corrected chi connectivity index (χ4v) is 2.89. The first-order chi connectivity index (χ1) is 14.0. The van der Waals surface area contributed by atoms with Gasteiger partial charge in [-0.15, -0.1) is 0 Å². The average molecular weight is 388 g/mol. The van der Waals surface area contributed by atoms with Crippen LogP contribution in [0.1, 0.15) is 46.2 Å². The maximum Gasteiger partial charge on any atom is 0.319 e. The summed E-state index contributed by atoms with van der Waals surface area (Å²) in [7, 11) is 0. The number of pyridine rings is 2. The molecule has 0 saturated heterocycles. The van der Waals surface area contributed by atoms with E-state index in [0.29, 0.717) is 24.3 Å². The van der Waals surface area contributed by atoms with Gasteiger partial charge >= 0.3 is 6.03 Å². The Morgan fingerprint density at radius 1 is 0.931 bits per heavy atom. The van der Waals surface area contributed by atoms with E-state index in [9.17, 15) is 9.59 Å². The SMILES string of the molecule is CCC(=O)c1cc(Cc2ccc(CNC(=O)Nc3cccnc3C)cc2)ccn1. The number of rotatable bonds is 7. The lowest BCUT2D eigenvalue weighted by molar-refractivity contribution is 0.0983. The van der Waals surface area contributed by atoms with Crippen LogP contribution in [-0.4, -0.2) is 21.8 Å². The predicted molar refractivity (Wildman–Crippen MR) is 113 cm³/mol. The van der Waals surface area contributed by atoms with E-state index in [1.807, 2.05) is 56.3 Å². The van der Waals surface area contributed by atoms with Gasteiger partial charge in [0.1, 0.15) is 5.69 Å². The smallest absolute Gasteiger partial charge is 0.319 e. The molecule has 29 heavy (non-hydrogen) atoms. The van der Waals surface area contributed by atoms with Gasteiger partial charge in [-0.3, -0.25) is 14.8 Å². The number of anilines is 1. The normalized spacial score (nSPS) is 10.4. The van der Waals surface area contributed by atoms with Gasteiger partial charge in [-0.25, -0.2) is 4.79 Å². The van der Waals surface area contributed by atoms with Crippen LogP contribution in [0.25, 0.3) is 0 Å². The molecule has 1 aromatic carbocycles. The number of nitrogens with zero attached hydrogens (tertiary/aromatic N) is 2. The minimum atomic E-state index is -0.268. The molecule has 0 fully saturated rings. The number of amides is 2. The maximum absolute atomic E-state index is 12.1. The molecule has 0 saturated carbocycles. The molecule has 2 heterocycles. The van der Waals surface area contributed by atoms with Crippen LogP contribution in [0, 0.1) is 6.92 Å². The summed E-state index contributed by atoms with van der Waals surface area (Å²) in [5.74, 6) is 0.0491. The first-order valence-corrected chi connectivity index (χ1v) is 9.57. The third-order valence-electron chi connectivity index (χ3n) is 4.57. The third kappa shape index (κ3) is 5.72. The highest BCUT2D eigenvalue weighted by atomic mass is 16.2. The first-order valence-electron chi connectivity index (χ1n) is 9.57. The monoisotopic (exact) mass is 388 g/mol. The van der Waals surface area contributed by atoms with Crippen LogP contribution >= 0.6 is 0 Å². The Bertz CT molecular complexity index is 1000. The van der Waals surface area contributed by atoms with Crippen molar-refractivity contribution >= 4 is 17.5 Å². The van der Waals surface area contributed by atoms with Crippen LogP contribution in [0.5, 0.6) is 0 Å². The number of hydrogen-bond acceptors (Lipinski definition) is 4. The van der Waals surface area contributed by atoms with E-state index in [-0.39, 0.29) is 11.8 Å². The van der Waals surface area contributed by atoms with E-state index in [1.165, 1.54) is 0 Å². The Labute approximate surface area is 170 Å². The van der Waals surface area contributed by atoms with E-state index >= 15 is 0 Å². The number of aryl methyl sites for hydroxylation is 1. The fraction of sp³-hybridized carbons (Fsp3) is 0.217. The molecule has 148 valence electrons. The van der Waals surface area contributed by atoms with Crippen LogP contribution in [0.4, 0.5) is 10.5 Å². The van der Waals surface area contributed by atoms with E-state index in [4.69, 9.17) is 0 Å². The second-order valence-electron chi connectivity index (χ2n) is 6.76. The van der Waals surface area contributed by atoms with Gasteiger partial charge in [-0.2, -0.15) is 0 Å². The standard InChI is InChI=1S/C23H24N4O2/c1-3-22(28)21-14-19(10-12-25-21)13-17-6-8-18(9-7-17)15-26-23(29)27-20-5-4-11-24-16(20)2/h4-12,14H,3,13,15H2,1-2H3,(H2,26,27,29). The molecule has 3 aromatic rings. The molecule has 6 nitrogen and oxygen atoms in total. The number of carbonyl (C=O) groups excluding carboxylic acids is 2. The van der Waals surface area contributed by atoms with Crippen molar-refractivity contribution in [3.63, 3.8) is 0 Å². The van der Waals surface area contributed by atoms with Crippen molar-refractivity contribution in [2.24, 2.45) is 0 Å². The highest BCUT2D eigenvalue weighted by molar-refractivity contribution is 5.94. The molecule has 2 aromatic heterocycles. The molecular formula is C23H24N4O2. The lowest BCUT2D eigenvalue weighted by Gasteiger charge is -2.10. The van der Waals surface area contributed by atoms with Crippen molar-refractivity contribution in [1.82, 2.24) is 15.3 Å². The second kappa shape index (κ2) is 9.59. The van der Waals surface area contributed by atoms with Crippen LogP contribution in [0.3, 0.4) is 0 Å². The number of nitrogens with one attached hydrogen (secondary N) is 2. The van der Waals surface area contributed by atoms with Crippen molar-refractivity contribution in [2.75, 3.05) is 5.32 Å². The number of hydrogen-bond donors (Lipinski definition) is 2. The van der Waals surface area contributed by atoms with E-state index < -0.39 is 0 Å². The Balaban J connectivity index is 1.54. The van der Waals surface area contributed by atoms with Crippen LogP contribution in [0.2, 0.25) is 0 Å². The molecule has 0 aliphatic rings. The largest absolute Gasteiger partial charge is 0.334 e. The number of carbonyl (C=O) groups is 2. The molecule has 2 amide bonds. The molecule has 0 radical (unpaired) electrons. The van der Waals surface area contributed by atoms with E-state index in [1.54, 1.807) is 18.5 Å². The summed E-state index contributed by atoms with van der Waals surface area (Å²) in [5.41, 5.74) is 5.16. The molecule has 0 atom stereocenters. The average Bonchev–Trinajstić information content (AvgIpc) is 2.74. The summed E-state index contributed by atoms with van der Waals surface area (Å²) in [6, 6.07) is 15.1. The highest BCUT2D eigenvalue weighted by Crippen LogP contribution is 2.13. The minimum Gasteiger partial charge on any atom is -0.334 e. The van der Waals surface area contributed by atoms with Crippen molar-refractivity contribution in [3.05, 3.63) is 89.0 Å². The molecule has 6 heteroatoms. The fourth-order valence-electron chi connectivity index (χ4n) is 2.89. The molecule has 0 aliphatic carbocycles. The zero-order valence-corrected chi connectivity index (χ0v) is 16.6. The van der Waals surface area contributed by atoms with Crippen molar-refractivity contribution < 1.29 is 9.59 Å². The molecule has 0 unspecified atom stereocenters. The van der Waals surface area contributed by atoms with Crippen LogP contribution in [0.15, 0.2) is 60.9 Å². The highest BCUT2D eigenvalue weighted by Gasteiger charge is 2.07. The van der Waals surface area contributed by atoms with Gasteiger partial charge in [0.2, 0.25) is 0 Å². The lowest BCUT2D eigenvalue weighted by Crippen LogP contribution is -2.28. The summed E-state index contributed by atoms with van der Waals surface area (Å²) < 4.78 is 0. The summed E-state index contributed by atoms with van der Waals surface area (Å²) in [6.07, 6.45) is 4.54. The zero-order valence-electron chi connectivity index (χ0n) is 16.6. The Kier molecular flexibility index (Phi) is 6.68.